The van der Waals surface area contributed by atoms with Gasteiger partial charge < -0.3 is 5.32 Å². The molecule has 1 aromatic heterocycles. The summed E-state index contributed by atoms with van der Waals surface area (Å²) in [5, 5.41) is 4.57. The van der Waals surface area contributed by atoms with Crippen molar-refractivity contribution in [3.63, 3.8) is 0 Å². The van der Waals surface area contributed by atoms with Crippen LogP contribution in [-0.4, -0.2) is 9.55 Å². The van der Waals surface area contributed by atoms with E-state index in [1.165, 1.54) is 7.05 Å². The molecule has 0 bridgehead atoms. The molecular weight excluding hydrogens is 307 g/mol. The number of nitrogens with one attached hydrogen (secondary N) is 1. The van der Waals surface area contributed by atoms with Crippen LogP contribution in [0.15, 0.2) is 53.3 Å². The quantitative estimate of drug-likeness (QED) is 0.783. The fourth-order valence-electron chi connectivity index (χ4n) is 2.25. The lowest BCUT2D eigenvalue weighted by atomic mass is 10.1. The zero-order valence-corrected chi connectivity index (χ0v) is 12.1. The minimum atomic E-state index is -4.68. The third-order valence-corrected chi connectivity index (χ3v) is 3.46. The largest absolute Gasteiger partial charge is 0.433 e. The van der Waals surface area contributed by atoms with Crippen LogP contribution in [0, 0.1) is 0 Å². The summed E-state index contributed by atoms with van der Waals surface area (Å²) in [6.07, 6.45) is -4.68. The third-order valence-electron chi connectivity index (χ3n) is 3.46. The van der Waals surface area contributed by atoms with Gasteiger partial charge in [0.15, 0.2) is 5.69 Å². The molecule has 0 aliphatic carbocycles. The molecular formula is C16H12F3N3O. The van der Waals surface area contributed by atoms with Gasteiger partial charge in [-0.15, -0.1) is 0 Å². The zero-order chi connectivity index (χ0) is 16.6. The van der Waals surface area contributed by atoms with Crippen LogP contribution in [0.2, 0.25) is 0 Å². The first-order valence-corrected chi connectivity index (χ1v) is 6.76. The number of rotatable bonds is 2. The van der Waals surface area contributed by atoms with Gasteiger partial charge in [-0.25, -0.2) is 4.98 Å². The molecule has 7 heteroatoms. The third kappa shape index (κ3) is 2.90. The first-order valence-electron chi connectivity index (χ1n) is 6.76. The van der Waals surface area contributed by atoms with Gasteiger partial charge in [-0.2, -0.15) is 13.2 Å². The Balaban J connectivity index is 2.12. The fraction of sp³-hybridized carbons (Fsp3) is 0.125. The normalized spacial score (nSPS) is 11.7. The molecule has 4 nitrogen and oxygen atoms in total. The van der Waals surface area contributed by atoms with Crippen molar-refractivity contribution in [1.82, 2.24) is 9.55 Å². The van der Waals surface area contributed by atoms with Gasteiger partial charge in [0.1, 0.15) is 0 Å². The van der Waals surface area contributed by atoms with Crippen molar-refractivity contribution in [3.8, 4) is 0 Å². The van der Waals surface area contributed by atoms with Crippen molar-refractivity contribution in [1.29, 1.82) is 0 Å². The molecule has 0 aliphatic rings. The molecule has 1 N–H and O–H groups in total. The average Bonchev–Trinajstić information content (AvgIpc) is 2.51. The maximum Gasteiger partial charge on any atom is 0.433 e. The molecule has 0 amide bonds. The van der Waals surface area contributed by atoms with E-state index in [-0.39, 0.29) is 5.95 Å². The Morgan fingerprint density at radius 2 is 1.78 bits per heavy atom. The van der Waals surface area contributed by atoms with Crippen molar-refractivity contribution in [2.45, 2.75) is 6.18 Å². The highest BCUT2D eigenvalue weighted by Gasteiger charge is 2.34. The highest BCUT2D eigenvalue weighted by atomic mass is 19.4. The van der Waals surface area contributed by atoms with Gasteiger partial charge in [-0.3, -0.25) is 9.36 Å². The SMILES string of the molecule is Cn1c(Nc2cccc3ccccc23)nc(C(F)(F)F)cc1=O. The maximum absolute atomic E-state index is 12.8. The Kier molecular flexibility index (Phi) is 3.55. The smallest absolute Gasteiger partial charge is 0.325 e. The van der Waals surface area contributed by atoms with Gasteiger partial charge >= 0.3 is 6.18 Å². The lowest BCUT2D eigenvalue weighted by Gasteiger charge is -2.14. The Bertz CT molecular complexity index is 926. The zero-order valence-electron chi connectivity index (χ0n) is 12.1. The van der Waals surface area contributed by atoms with Gasteiger partial charge in [0.2, 0.25) is 5.95 Å². The van der Waals surface area contributed by atoms with Crippen molar-refractivity contribution >= 4 is 22.4 Å². The van der Waals surface area contributed by atoms with Gasteiger partial charge in [0.05, 0.1) is 0 Å². The summed E-state index contributed by atoms with van der Waals surface area (Å²) in [6.45, 7) is 0. The molecule has 0 atom stereocenters. The molecule has 3 rings (SSSR count). The maximum atomic E-state index is 12.8. The van der Waals surface area contributed by atoms with Crippen molar-refractivity contribution in [2.75, 3.05) is 5.32 Å². The highest BCUT2D eigenvalue weighted by molar-refractivity contribution is 5.94. The lowest BCUT2D eigenvalue weighted by Crippen LogP contribution is -2.24. The molecule has 23 heavy (non-hydrogen) atoms. The van der Waals surface area contributed by atoms with Gasteiger partial charge in [-0.1, -0.05) is 36.4 Å². The molecule has 0 radical (unpaired) electrons. The van der Waals surface area contributed by atoms with E-state index in [9.17, 15) is 18.0 Å². The van der Waals surface area contributed by atoms with E-state index in [0.717, 1.165) is 15.3 Å². The standard InChI is InChI=1S/C16H12F3N3O/c1-22-14(23)9-13(16(17,18)19)21-15(22)20-12-8-4-6-10-5-2-3-7-11(10)12/h2-9H,1H3,(H,20,21). The Morgan fingerprint density at radius 1 is 1.09 bits per heavy atom. The first kappa shape index (κ1) is 15.1. The molecule has 0 unspecified atom stereocenters. The summed E-state index contributed by atoms with van der Waals surface area (Å²) >= 11 is 0. The number of nitrogens with zero attached hydrogens (tertiary/aromatic N) is 2. The Hall–Kier alpha value is -2.83. The van der Waals surface area contributed by atoms with Crippen LogP contribution in [0.5, 0.6) is 0 Å². The van der Waals surface area contributed by atoms with Crippen molar-refractivity contribution in [2.24, 2.45) is 7.05 Å². The number of benzene rings is 2. The minimum Gasteiger partial charge on any atom is -0.325 e. The molecule has 1 heterocycles. The average molecular weight is 319 g/mol. The second-order valence-electron chi connectivity index (χ2n) is 5.01. The van der Waals surface area contributed by atoms with E-state index < -0.39 is 17.4 Å². The van der Waals surface area contributed by atoms with Crippen LogP contribution in [0.4, 0.5) is 24.8 Å². The molecule has 0 spiro atoms. The molecule has 0 aliphatic heterocycles. The number of fused-ring (bicyclic) bond motifs is 1. The van der Waals surface area contributed by atoms with E-state index in [0.29, 0.717) is 11.8 Å². The number of anilines is 2. The van der Waals surface area contributed by atoms with Gasteiger partial charge in [0, 0.05) is 24.2 Å². The number of halogens is 3. The first-order chi connectivity index (χ1) is 10.9. The summed E-state index contributed by atoms with van der Waals surface area (Å²) in [6, 6.07) is 13.3. The van der Waals surface area contributed by atoms with Crippen LogP contribution in [-0.2, 0) is 13.2 Å². The summed E-state index contributed by atoms with van der Waals surface area (Å²) in [4.78, 5) is 15.3. The molecule has 0 saturated carbocycles. The van der Waals surface area contributed by atoms with E-state index in [1.807, 2.05) is 30.3 Å². The van der Waals surface area contributed by atoms with Gasteiger partial charge in [-0.05, 0) is 11.5 Å². The van der Waals surface area contributed by atoms with E-state index in [1.54, 1.807) is 12.1 Å². The monoisotopic (exact) mass is 319 g/mol. The Morgan fingerprint density at radius 3 is 2.52 bits per heavy atom. The summed E-state index contributed by atoms with van der Waals surface area (Å²) in [7, 11) is 1.36. The second kappa shape index (κ2) is 5.42. The fourth-order valence-corrected chi connectivity index (χ4v) is 2.25. The van der Waals surface area contributed by atoms with E-state index in [4.69, 9.17) is 0 Å². The number of alkyl halides is 3. The van der Waals surface area contributed by atoms with Crippen LogP contribution < -0.4 is 10.9 Å². The molecule has 0 fully saturated rings. The Labute approximate surface area is 129 Å². The summed E-state index contributed by atoms with van der Waals surface area (Å²) in [5.41, 5.74) is -1.43. The predicted molar refractivity (Wildman–Crippen MR) is 81.7 cm³/mol. The van der Waals surface area contributed by atoms with Crippen molar-refractivity contribution < 1.29 is 13.2 Å². The van der Waals surface area contributed by atoms with Crippen molar-refractivity contribution in [3.05, 3.63) is 64.6 Å². The molecule has 2 aromatic carbocycles. The van der Waals surface area contributed by atoms with Crippen LogP contribution in [0.25, 0.3) is 10.8 Å². The summed E-state index contributed by atoms with van der Waals surface area (Å²) in [5.74, 6) is -0.166. The molecule has 3 aromatic rings. The van der Waals surface area contributed by atoms with Crippen LogP contribution >= 0.6 is 0 Å². The highest BCUT2D eigenvalue weighted by Crippen LogP contribution is 2.29. The predicted octanol–water partition coefficient (Wildman–Crippen LogP) is 3.70. The molecule has 0 saturated heterocycles. The molecule has 118 valence electrons. The topological polar surface area (TPSA) is 46.9 Å². The van der Waals surface area contributed by atoms with Gasteiger partial charge in [0.25, 0.3) is 5.56 Å². The number of hydrogen-bond acceptors (Lipinski definition) is 3. The van der Waals surface area contributed by atoms with Crippen LogP contribution in [0.1, 0.15) is 5.69 Å². The number of aromatic nitrogens is 2. The second-order valence-corrected chi connectivity index (χ2v) is 5.01. The lowest BCUT2D eigenvalue weighted by molar-refractivity contribution is -0.141. The van der Waals surface area contributed by atoms with E-state index >= 15 is 0 Å². The summed E-state index contributed by atoms with van der Waals surface area (Å²) < 4.78 is 39.5. The number of hydrogen-bond donors (Lipinski definition) is 1. The minimum absolute atomic E-state index is 0.166. The van der Waals surface area contributed by atoms with E-state index in [2.05, 4.69) is 10.3 Å². The van der Waals surface area contributed by atoms with Crippen LogP contribution in [0.3, 0.4) is 0 Å².